The number of aromatic nitrogens is 4. The first-order valence-electron chi connectivity index (χ1n) is 5.56. The smallest absolute Gasteiger partial charge is 0.243 e. The third-order valence-corrected chi connectivity index (χ3v) is 4.14. The Kier molecular flexibility index (Phi) is 1.90. The second-order valence-electron chi connectivity index (χ2n) is 4.13. The number of fused-ring (bicyclic) bond motifs is 4. The van der Waals surface area contributed by atoms with Gasteiger partial charge in [0.15, 0.2) is 5.65 Å². The molecule has 0 saturated carbocycles. The molecule has 6 heteroatoms. The summed E-state index contributed by atoms with van der Waals surface area (Å²) >= 11 is 1.82. The number of hydrogen-bond donors (Lipinski definition) is 1. The number of nitrogen functional groups attached to an aromatic ring is 1. The molecule has 0 bridgehead atoms. The Morgan fingerprint density at radius 3 is 3.06 bits per heavy atom. The van der Waals surface area contributed by atoms with Gasteiger partial charge in [0.2, 0.25) is 5.95 Å². The second-order valence-corrected chi connectivity index (χ2v) is 5.15. The zero-order valence-corrected chi connectivity index (χ0v) is 10.2. The molecule has 2 N–H and O–H groups in total. The van der Waals surface area contributed by atoms with Crippen molar-refractivity contribution in [1.29, 1.82) is 0 Å². The minimum atomic E-state index is 0.323. The average molecular weight is 255 g/mol. The van der Waals surface area contributed by atoms with Gasteiger partial charge in [-0.05, 0) is 17.7 Å². The molecule has 0 fully saturated rings. The zero-order chi connectivity index (χ0) is 12.1. The van der Waals surface area contributed by atoms with Crippen molar-refractivity contribution < 1.29 is 0 Å². The molecule has 18 heavy (non-hydrogen) atoms. The Bertz CT molecular complexity index is 764. The van der Waals surface area contributed by atoms with Crippen molar-refractivity contribution in [3.05, 3.63) is 35.9 Å². The van der Waals surface area contributed by atoms with E-state index in [1.165, 1.54) is 10.5 Å². The lowest BCUT2D eigenvalue weighted by Gasteiger charge is -2.17. The minimum absolute atomic E-state index is 0.323. The molecule has 0 aliphatic carbocycles. The standard InChI is InChI=1S/C12H9N5S/c13-12-15-14-10-5-7-6-18-9-4-2-1-3-8(9)11(7)16-17(10)12/h1-5H,6H2,(H2,13,15). The van der Waals surface area contributed by atoms with Gasteiger partial charge in [-0.1, -0.05) is 18.2 Å². The monoisotopic (exact) mass is 255 g/mol. The highest BCUT2D eigenvalue weighted by molar-refractivity contribution is 7.98. The molecular weight excluding hydrogens is 246 g/mol. The maximum Gasteiger partial charge on any atom is 0.243 e. The first-order chi connectivity index (χ1) is 8.83. The Hall–Kier alpha value is -2.08. The van der Waals surface area contributed by atoms with E-state index in [1.807, 2.05) is 30.0 Å². The van der Waals surface area contributed by atoms with E-state index in [9.17, 15) is 0 Å². The number of anilines is 1. The summed E-state index contributed by atoms with van der Waals surface area (Å²) in [5, 5.41) is 12.4. The van der Waals surface area contributed by atoms with Gasteiger partial charge in [0, 0.05) is 16.2 Å². The van der Waals surface area contributed by atoms with Crippen LogP contribution in [0, 0.1) is 0 Å². The molecular formula is C12H9N5S. The summed E-state index contributed by atoms with van der Waals surface area (Å²) in [6.45, 7) is 0. The van der Waals surface area contributed by atoms with Crippen LogP contribution in [0.4, 0.5) is 5.95 Å². The maximum atomic E-state index is 5.75. The Morgan fingerprint density at radius 2 is 2.11 bits per heavy atom. The molecule has 0 atom stereocenters. The van der Waals surface area contributed by atoms with Gasteiger partial charge in [0.1, 0.15) is 0 Å². The van der Waals surface area contributed by atoms with Crippen LogP contribution in [0.5, 0.6) is 0 Å². The fourth-order valence-electron chi connectivity index (χ4n) is 2.17. The van der Waals surface area contributed by atoms with Gasteiger partial charge in [-0.3, -0.25) is 0 Å². The van der Waals surface area contributed by atoms with Gasteiger partial charge in [-0.15, -0.1) is 22.0 Å². The van der Waals surface area contributed by atoms with Gasteiger partial charge in [-0.2, -0.15) is 9.61 Å². The summed E-state index contributed by atoms with van der Waals surface area (Å²) in [5.74, 6) is 1.23. The van der Waals surface area contributed by atoms with Crippen LogP contribution in [0.25, 0.3) is 16.9 Å². The number of hydrogen-bond acceptors (Lipinski definition) is 5. The molecule has 88 valence electrons. The lowest BCUT2D eigenvalue weighted by molar-refractivity contribution is 0.932. The fourth-order valence-corrected chi connectivity index (χ4v) is 3.19. The highest BCUT2D eigenvalue weighted by atomic mass is 32.2. The van der Waals surface area contributed by atoms with Crippen LogP contribution in [-0.2, 0) is 5.75 Å². The second kappa shape index (κ2) is 3.46. The van der Waals surface area contributed by atoms with E-state index >= 15 is 0 Å². The minimum Gasteiger partial charge on any atom is -0.366 e. The number of thioether (sulfide) groups is 1. The van der Waals surface area contributed by atoms with Gasteiger partial charge >= 0.3 is 0 Å². The normalized spacial score (nSPS) is 13.3. The van der Waals surface area contributed by atoms with E-state index in [4.69, 9.17) is 5.73 Å². The number of nitrogens with two attached hydrogens (primary N) is 1. The van der Waals surface area contributed by atoms with Gasteiger partial charge < -0.3 is 5.73 Å². The van der Waals surface area contributed by atoms with Crippen LogP contribution >= 0.6 is 11.8 Å². The van der Waals surface area contributed by atoms with Crippen molar-refractivity contribution in [3.8, 4) is 11.3 Å². The third kappa shape index (κ3) is 1.26. The number of rotatable bonds is 0. The van der Waals surface area contributed by atoms with Crippen molar-refractivity contribution >= 4 is 23.4 Å². The molecule has 4 rings (SSSR count). The summed E-state index contributed by atoms with van der Waals surface area (Å²) in [5.41, 5.74) is 9.76. The van der Waals surface area contributed by atoms with E-state index in [2.05, 4.69) is 27.4 Å². The van der Waals surface area contributed by atoms with Crippen LogP contribution in [0.2, 0.25) is 0 Å². The van der Waals surface area contributed by atoms with Crippen LogP contribution in [0.3, 0.4) is 0 Å². The largest absolute Gasteiger partial charge is 0.366 e. The summed E-state index contributed by atoms with van der Waals surface area (Å²) < 4.78 is 1.59. The summed E-state index contributed by atoms with van der Waals surface area (Å²) in [7, 11) is 0. The summed E-state index contributed by atoms with van der Waals surface area (Å²) in [4.78, 5) is 1.25. The molecule has 0 unspecified atom stereocenters. The van der Waals surface area contributed by atoms with E-state index in [-0.39, 0.29) is 0 Å². The molecule has 0 amide bonds. The molecule has 0 radical (unpaired) electrons. The van der Waals surface area contributed by atoms with Gasteiger partial charge in [-0.25, -0.2) is 0 Å². The Balaban J connectivity index is 2.08. The summed E-state index contributed by atoms with van der Waals surface area (Å²) in [6.07, 6.45) is 0. The molecule has 1 aliphatic heterocycles. The van der Waals surface area contributed by atoms with Crippen molar-refractivity contribution in [1.82, 2.24) is 19.8 Å². The predicted octanol–water partition coefficient (Wildman–Crippen LogP) is 1.98. The Morgan fingerprint density at radius 1 is 1.22 bits per heavy atom. The quantitative estimate of drug-likeness (QED) is 0.665. The maximum absolute atomic E-state index is 5.75. The zero-order valence-electron chi connectivity index (χ0n) is 9.37. The SMILES string of the molecule is Nc1nnc2cc3c(nn12)-c1ccccc1SC3. The van der Waals surface area contributed by atoms with Crippen LogP contribution in [0.1, 0.15) is 5.56 Å². The van der Waals surface area contributed by atoms with E-state index in [0.717, 1.165) is 17.0 Å². The lowest BCUT2D eigenvalue weighted by Crippen LogP contribution is -2.05. The average Bonchev–Trinajstić information content (AvgIpc) is 2.78. The van der Waals surface area contributed by atoms with E-state index in [1.54, 1.807) is 4.52 Å². The molecule has 5 nitrogen and oxygen atoms in total. The van der Waals surface area contributed by atoms with Crippen LogP contribution in [-0.4, -0.2) is 19.8 Å². The topological polar surface area (TPSA) is 69.1 Å². The van der Waals surface area contributed by atoms with Crippen molar-refractivity contribution in [2.45, 2.75) is 10.6 Å². The van der Waals surface area contributed by atoms with E-state index in [0.29, 0.717) is 11.6 Å². The van der Waals surface area contributed by atoms with E-state index < -0.39 is 0 Å². The van der Waals surface area contributed by atoms with Gasteiger partial charge in [0.05, 0.1) is 5.69 Å². The highest BCUT2D eigenvalue weighted by Gasteiger charge is 2.19. The molecule has 3 heterocycles. The number of nitrogens with zero attached hydrogens (tertiary/aromatic N) is 4. The summed E-state index contributed by atoms with van der Waals surface area (Å²) in [6, 6.07) is 10.3. The van der Waals surface area contributed by atoms with Crippen molar-refractivity contribution in [2.75, 3.05) is 5.73 Å². The van der Waals surface area contributed by atoms with Crippen molar-refractivity contribution in [3.63, 3.8) is 0 Å². The molecule has 0 spiro atoms. The highest BCUT2D eigenvalue weighted by Crippen LogP contribution is 2.40. The molecule has 0 saturated heterocycles. The molecule has 1 aromatic carbocycles. The van der Waals surface area contributed by atoms with Crippen molar-refractivity contribution in [2.24, 2.45) is 0 Å². The van der Waals surface area contributed by atoms with Gasteiger partial charge in [0.25, 0.3) is 0 Å². The molecule has 3 aromatic rings. The molecule has 2 aromatic heterocycles. The first-order valence-corrected chi connectivity index (χ1v) is 6.54. The first kappa shape index (κ1) is 9.90. The van der Waals surface area contributed by atoms with Crippen LogP contribution in [0.15, 0.2) is 35.2 Å². The molecule has 1 aliphatic rings. The third-order valence-electron chi connectivity index (χ3n) is 3.02. The Labute approximate surface area is 107 Å². The lowest BCUT2D eigenvalue weighted by atomic mass is 10.1. The fraction of sp³-hybridized carbons (Fsp3) is 0.0833. The van der Waals surface area contributed by atoms with Crippen LogP contribution < -0.4 is 5.73 Å². The predicted molar refractivity (Wildman–Crippen MR) is 70.2 cm³/mol. The number of benzene rings is 1.